The monoisotopic (exact) mass is 350 g/mol. The van der Waals surface area contributed by atoms with Gasteiger partial charge in [0.1, 0.15) is 10.2 Å². The van der Waals surface area contributed by atoms with E-state index in [1.54, 1.807) is 20.0 Å². The Morgan fingerprint density at radius 3 is 2.91 bits per heavy atom. The molecule has 2 rings (SSSR count). The van der Waals surface area contributed by atoms with Crippen LogP contribution in [0.3, 0.4) is 0 Å². The molecule has 0 aromatic carbocycles. The van der Waals surface area contributed by atoms with Crippen LogP contribution in [0.25, 0.3) is 10.2 Å². The third-order valence-corrected chi connectivity index (χ3v) is 5.69. The minimum absolute atomic E-state index is 0.00825. The summed E-state index contributed by atoms with van der Waals surface area (Å²) in [6, 6.07) is 3.93. The number of hydrogen-bond donors (Lipinski definition) is 1. The maximum absolute atomic E-state index is 12.2. The number of amides is 1. The Morgan fingerprint density at radius 1 is 1.61 bits per heavy atom. The minimum Gasteiger partial charge on any atom is -0.337 e. The molecule has 0 saturated heterocycles. The van der Waals surface area contributed by atoms with Gasteiger partial charge in [-0.25, -0.2) is 4.98 Å². The first kappa shape index (κ1) is 17.5. The van der Waals surface area contributed by atoms with Crippen LogP contribution in [0.5, 0.6) is 0 Å². The first-order valence-corrected chi connectivity index (χ1v) is 8.94. The molecule has 2 heterocycles. The van der Waals surface area contributed by atoms with Gasteiger partial charge in [-0.15, -0.1) is 11.3 Å². The largest absolute Gasteiger partial charge is 0.337 e. The zero-order valence-electron chi connectivity index (χ0n) is 13.4. The third kappa shape index (κ3) is 3.57. The number of rotatable bonds is 5. The highest BCUT2D eigenvalue weighted by atomic mass is 32.2. The molecule has 1 atom stereocenters. The number of thiophene rings is 1. The number of hydrogen-bond acceptors (Lipinski definition) is 6. The summed E-state index contributed by atoms with van der Waals surface area (Å²) in [5.74, 6) is -0.168. The SMILES string of the molecule is CC(C)C(C)(C#N)NC(=O)CSc1nc2ccsc2c(=O)n1C. The standard InChI is InChI=1S/C15H18N4O2S2/c1-9(2)15(3,8-16)18-11(20)7-23-14-17-10-5-6-22-12(10)13(21)19(14)4/h5-6,9H,7H2,1-4H3,(H,18,20). The lowest BCUT2D eigenvalue weighted by Gasteiger charge is -2.27. The summed E-state index contributed by atoms with van der Waals surface area (Å²) in [4.78, 5) is 28.7. The number of carbonyl (C=O) groups excluding carboxylic acids is 1. The molecule has 0 spiro atoms. The quantitative estimate of drug-likeness (QED) is 0.659. The lowest BCUT2D eigenvalue weighted by Crippen LogP contribution is -2.49. The van der Waals surface area contributed by atoms with Gasteiger partial charge in [0, 0.05) is 7.05 Å². The molecule has 23 heavy (non-hydrogen) atoms. The van der Waals surface area contributed by atoms with Gasteiger partial charge in [0.25, 0.3) is 5.56 Å². The van der Waals surface area contributed by atoms with Crippen LogP contribution in [0.15, 0.2) is 21.4 Å². The molecule has 1 amide bonds. The Labute approximate surface area is 142 Å². The van der Waals surface area contributed by atoms with Crippen LogP contribution < -0.4 is 10.9 Å². The van der Waals surface area contributed by atoms with E-state index in [-0.39, 0.29) is 23.1 Å². The van der Waals surface area contributed by atoms with Crippen molar-refractivity contribution in [1.82, 2.24) is 14.9 Å². The van der Waals surface area contributed by atoms with Crippen LogP contribution >= 0.6 is 23.1 Å². The molecule has 0 aliphatic carbocycles. The van der Waals surface area contributed by atoms with E-state index in [0.717, 1.165) is 0 Å². The maximum Gasteiger partial charge on any atom is 0.271 e. The molecule has 0 aliphatic heterocycles. The zero-order valence-corrected chi connectivity index (χ0v) is 15.0. The van der Waals surface area contributed by atoms with Gasteiger partial charge in [-0.2, -0.15) is 5.26 Å². The predicted octanol–water partition coefficient (Wildman–Crippen LogP) is 2.14. The number of aromatic nitrogens is 2. The molecular weight excluding hydrogens is 332 g/mol. The summed E-state index contributed by atoms with van der Waals surface area (Å²) in [5, 5.41) is 14.3. The van der Waals surface area contributed by atoms with Crippen LogP contribution in [0.4, 0.5) is 0 Å². The van der Waals surface area contributed by atoms with Crippen LogP contribution in [-0.4, -0.2) is 26.8 Å². The minimum atomic E-state index is -0.908. The van der Waals surface area contributed by atoms with E-state index >= 15 is 0 Å². The number of carbonyl (C=O) groups is 1. The Balaban J connectivity index is 2.12. The Kier molecular flexibility index (Phi) is 5.12. The van der Waals surface area contributed by atoms with Crippen molar-refractivity contribution in [3.05, 3.63) is 21.8 Å². The molecule has 0 fully saturated rings. The van der Waals surface area contributed by atoms with Crippen molar-refractivity contribution in [3.63, 3.8) is 0 Å². The fourth-order valence-corrected chi connectivity index (χ4v) is 3.43. The van der Waals surface area contributed by atoms with Gasteiger partial charge in [-0.05, 0) is 24.3 Å². The fraction of sp³-hybridized carbons (Fsp3) is 0.467. The average molecular weight is 350 g/mol. The summed E-state index contributed by atoms with van der Waals surface area (Å²) in [6.45, 7) is 5.46. The molecule has 0 saturated carbocycles. The van der Waals surface area contributed by atoms with Gasteiger partial charge in [-0.3, -0.25) is 14.2 Å². The number of thioether (sulfide) groups is 1. The third-order valence-electron chi connectivity index (χ3n) is 3.76. The van der Waals surface area contributed by atoms with Crippen molar-refractivity contribution in [1.29, 1.82) is 5.26 Å². The van der Waals surface area contributed by atoms with Crippen LogP contribution in [0, 0.1) is 17.2 Å². The topological polar surface area (TPSA) is 87.8 Å². The maximum atomic E-state index is 12.2. The second kappa shape index (κ2) is 6.72. The molecule has 2 aromatic heterocycles. The van der Waals surface area contributed by atoms with Gasteiger partial charge in [0.05, 0.1) is 17.3 Å². The van der Waals surface area contributed by atoms with Crippen molar-refractivity contribution in [2.24, 2.45) is 13.0 Å². The molecule has 122 valence electrons. The number of nitriles is 1. The molecule has 1 N–H and O–H groups in total. The van der Waals surface area contributed by atoms with Crippen molar-refractivity contribution in [3.8, 4) is 6.07 Å². The molecule has 2 aromatic rings. The normalized spacial score (nSPS) is 13.7. The van der Waals surface area contributed by atoms with Crippen LogP contribution in [-0.2, 0) is 11.8 Å². The highest BCUT2D eigenvalue weighted by molar-refractivity contribution is 7.99. The molecule has 1 unspecified atom stereocenters. The van der Waals surface area contributed by atoms with E-state index in [1.165, 1.54) is 27.7 Å². The number of nitrogens with one attached hydrogen (secondary N) is 1. The van der Waals surface area contributed by atoms with Gasteiger partial charge in [-0.1, -0.05) is 25.6 Å². The highest BCUT2D eigenvalue weighted by Gasteiger charge is 2.29. The smallest absolute Gasteiger partial charge is 0.271 e. The summed E-state index contributed by atoms with van der Waals surface area (Å²) in [5.41, 5.74) is -0.379. The van der Waals surface area contributed by atoms with E-state index in [1.807, 2.05) is 19.2 Å². The van der Waals surface area contributed by atoms with E-state index in [9.17, 15) is 14.9 Å². The van der Waals surface area contributed by atoms with E-state index in [4.69, 9.17) is 0 Å². The number of nitrogens with zero attached hydrogens (tertiary/aromatic N) is 3. The lowest BCUT2D eigenvalue weighted by molar-refractivity contribution is -0.120. The fourth-order valence-electron chi connectivity index (χ4n) is 1.85. The predicted molar refractivity (Wildman–Crippen MR) is 92.6 cm³/mol. The molecule has 6 nitrogen and oxygen atoms in total. The van der Waals surface area contributed by atoms with Crippen molar-refractivity contribution < 1.29 is 4.79 Å². The van der Waals surface area contributed by atoms with Crippen LogP contribution in [0.1, 0.15) is 20.8 Å². The zero-order chi connectivity index (χ0) is 17.2. The van der Waals surface area contributed by atoms with Crippen molar-refractivity contribution in [2.75, 3.05) is 5.75 Å². The van der Waals surface area contributed by atoms with Crippen LogP contribution in [0.2, 0.25) is 0 Å². The molecule has 0 radical (unpaired) electrons. The summed E-state index contributed by atoms with van der Waals surface area (Å²) < 4.78 is 2.06. The lowest BCUT2D eigenvalue weighted by atomic mass is 9.90. The summed E-state index contributed by atoms with van der Waals surface area (Å²) in [6.07, 6.45) is 0. The van der Waals surface area contributed by atoms with Gasteiger partial charge in [0.2, 0.25) is 5.91 Å². The summed E-state index contributed by atoms with van der Waals surface area (Å²) in [7, 11) is 1.64. The van der Waals surface area contributed by atoms with E-state index in [2.05, 4.69) is 16.4 Å². The van der Waals surface area contributed by atoms with Gasteiger partial charge in [0.15, 0.2) is 5.16 Å². The van der Waals surface area contributed by atoms with Gasteiger partial charge >= 0.3 is 0 Å². The first-order valence-electron chi connectivity index (χ1n) is 7.08. The Hall–Kier alpha value is -1.85. The van der Waals surface area contributed by atoms with Gasteiger partial charge < -0.3 is 5.32 Å². The highest BCUT2D eigenvalue weighted by Crippen LogP contribution is 2.21. The molecule has 8 heteroatoms. The van der Waals surface area contributed by atoms with Crippen molar-refractivity contribution in [2.45, 2.75) is 31.5 Å². The summed E-state index contributed by atoms with van der Waals surface area (Å²) >= 11 is 2.54. The first-order chi connectivity index (χ1) is 10.8. The van der Waals surface area contributed by atoms with Crippen molar-refractivity contribution >= 4 is 39.2 Å². The Bertz CT molecular complexity index is 834. The molecule has 0 aliphatic rings. The second-order valence-electron chi connectivity index (χ2n) is 5.70. The second-order valence-corrected chi connectivity index (χ2v) is 7.56. The Morgan fingerprint density at radius 2 is 2.30 bits per heavy atom. The van der Waals surface area contributed by atoms with E-state index in [0.29, 0.717) is 15.4 Å². The molecular formula is C15H18N4O2S2. The number of fused-ring (bicyclic) bond motifs is 1. The van der Waals surface area contributed by atoms with E-state index < -0.39 is 5.54 Å². The average Bonchev–Trinajstić information content (AvgIpc) is 2.97. The molecule has 0 bridgehead atoms.